The summed E-state index contributed by atoms with van der Waals surface area (Å²) in [5.41, 5.74) is 1.48. The minimum atomic E-state index is -0.292. The number of hydrogen-bond acceptors (Lipinski definition) is 4. The van der Waals surface area contributed by atoms with Gasteiger partial charge in [0.1, 0.15) is 0 Å². The fourth-order valence-electron chi connectivity index (χ4n) is 3.05. The van der Waals surface area contributed by atoms with Crippen LogP contribution in [-0.4, -0.2) is 33.3 Å². The number of benzene rings is 1. The first-order chi connectivity index (χ1) is 11.7. The van der Waals surface area contributed by atoms with E-state index < -0.39 is 0 Å². The van der Waals surface area contributed by atoms with E-state index in [9.17, 15) is 4.79 Å². The van der Waals surface area contributed by atoms with Crippen LogP contribution < -0.4 is 10.1 Å². The Kier molecular flexibility index (Phi) is 5.36. The molecule has 3 aromatic rings. The molecule has 1 fully saturated rings. The van der Waals surface area contributed by atoms with Crippen LogP contribution >= 0.6 is 23.7 Å². The lowest BCUT2D eigenvalue weighted by molar-refractivity contribution is 0.0992. The molecule has 0 bridgehead atoms. The van der Waals surface area contributed by atoms with Gasteiger partial charge in [-0.1, -0.05) is 23.5 Å². The number of fused-ring (bicyclic) bond motifs is 1. The molecule has 1 saturated heterocycles. The summed E-state index contributed by atoms with van der Waals surface area (Å²) in [7, 11) is 1.93. The molecule has 1 amide bonds. The second kappa shape index (κ2) is 7.51. The number of piperidine rings is 1. The number of rotatable bonds is 2. The van der Waals surface area contributed by atoms with E-state index >= 15 is 0 Å². The lowest BCUT2D eigenvalue weighted by atomic mass is 10.1. The zero-order valence-electron chi connectivity index (χ0n) is 13.9. The highest BCUT2D eigenvalue weighted by Gasteiger charge is 2.17. The van der Waals surface area contributed by atoms with E-state index in [2.05, 4.69) is 15.4 Å². The van der Waals surface area contributed by atoms with Crippen molar-refractivity contribution in [2.45, 2.75) is 18.9 Å². The third-order valence-electron chi connectivity index (χ3n) is 4.38. The average molecular weight is 378 g/mol. The zero-order valence-corrected chi connectivity index (χ0v) is 15.5. The Balaban J connectivity index is 0.00000182. The fraction of sp³-hybridized carbons (Fsp3) is 0.353. The van der Waals surface area contributed by atoms with Gasteiger partial charge in [-0.25, -0.2) is 0 Å². The third kappa shape index (κ3) is 3.53. The molecule has 2 aromatic heterocycles. The predicted molar refractivity (Wildman–Crippen MR) is 101 cm³/mol. The number of halogens is 1. The van der Waals surface area contributed by atoms with Crippen LogP contribution in [0, 0.1) is 0 Å². The number of nitrogens with one attached hydrogen (secondary N) is 1. The monoisotopic (exact) mass is 377 g/mol. The highest BCUT2D eigenvalue weighted by atomic mass is 35.5. The van der Waals surface area contributed by atoms with Crippen LogP contribution in [-0.2, 0) is 7.05 Å². The molecule has 1 aliphatic heterocycles. The largest absolute Gasteiger partial charge is 0.319 e. The molecule has 0 aliphatic carbocycles. The maximum absolute atomic E-state index is 12.5. The summed E-state index contributed by atoms with van der Waals surface area (Å²) < 4.78 is 4.95. The van der Waals surface area contributed by atoms with Gasteiger partial charge in [0.2, 0.25) is 0 Å². The molecule has 0 spiro atoms. The summed E-state index contributed by atoms with van der Waals surface area (Å²) in [4.78, 5) is 17.4. The molecule has 1 aliphatic rings. The molecular weight excluding hydrogens is 358 g/mol. The highest BCUT2D eigenvalue weighted by Crippen LogP contribution is 2.17. The van der Waals surface area contributed by atoms with Crippen molar-refractivity contribution in [1.82, 2.24) is 19.7 Å². The number of nitrogens with zero attached hydrogens (tertiary/aromatic N) is 4. The lowest BCUT2D eigenvalue weighted by Gasteiger charge is -2.22. The number of carbonyl (C=O) groups is 1. The normalized spacial score (nSPS) is 18.3. The molecule has 3 heterocycles. The molecule has 4 rings (SSSR count). The first-order valence-corrected chi connectivity index (χ1v) is 8.93. The van der Waals surface area contributed by atoms with Gasteiger partial charge in [0.25, 0.3) is 5.91 Å². The topological polar surface area (TPSA) is 64.2 Å². The van der Waals surface area contributed by atoms with Gasteiger partial charge in [-0.15, -0.1) is 12.4 Å². The Morgan fingerprint density at radius 3 is 2.96 bits per heavy atom. The van der Waals surface area contributed by atoms with Gasteiger partial charge in [0.15, 0.2) is 10.5 Å². The van der Waals surface area contributed by atoms with E-state index in [0.717, 1.165) is 36.1 Å². The van der Waals surface area contributed by atoms with Gasteiger partial charge in [-0.05, 0) is 37.6 Å². The molecule has 132 valence electrons. The molecule has 6 nitrogen and oxygen atoms in total. The second-order valence-electron chi connectivity index (χ2n) is 6.01. The van der Waals surface area contributed by atoms with Crippen LogP contribution in [0.3, 0.4) is 0 Å². The Morgan fingerprint density at radius 2 is 2.20 bits per heavy atom. The van der Waals surface area contributed by atoms with Crippen LogP contribution in [0.4, 0.5) is 0 Å². The SMILES string of the molecule is Cl.Cn1c(=NC(=O)c2ccn(C3CCCNC3)n2)sc2ccccc21. The van der Waals surface area contributed by atoms with Crippen LogP contribution in [0.2, 0.25) is 0 Å². The average Bonchev–Trinajstić information content (AvgIpc) is 3.22. The van der Waals surface area contributed by atoms with E-state index in [0.29, 0.717) is 16.5 Å². The second-order valence-corrected chi connectivity index (χ2v) is 7.02. The zero-order chi connectivity index (χ0) is 16.5. The first-order valence-electron chi connectivity index (χ1n) is 8.12. The molecule has 0 radical (unpaired) electrons. The van der Waals surface area contributed by atoms with E-state index in [4.69, 9.17) is 0 Å². The molecule has 25 heavy (non-hydrogen) atoms. The summed E-state index contributed by atoms with van der Waals surface area (Å²) in [5, 5.41) is 7.81. The van der Waals surface area contributed by atoms with Crippen molar-refractivity contribution in [3.63, 3.8) is 0 Å². The van der Waals surface area contributed by atoms with Crippen LogP contribution in [0.15, 0.2) is 41.5 Å². The molecular formula is C17H20ClN5OS. The lowest BCUT2D eigenvalue weighted by Crippen LogP contribution is -2.32. The highest BCUT2D eigenvalue weighted by molar-refractivity contribution is 7.16. The number of para-hydroxylation sites is 1. The molecule has 1 unspecified atom stereocenters. The standard InChI is InChI=1S/C17H19N5OS.ClH/c1-21-14-6-2-3-7-15(14)24-17(21)19-16(23)13-8-10-22(20-13)12-5-4-9-18-11-12;/h2-3,6-8,10,12,18H,4-5,9,11H2,1H3;1H. The van der Waals surface area contributed by atoms with E-state index in [-0.39, 0.29) is 18.3 Å². The number of amides is 1. The summed E-state index contributed by atoms with van der Waals surface area (Å²) >= 11 is 1.51. The maximum Gasteiger partial charge on any atom is 0.300 e. The van der Waals surface area contributed by atoms with Crippen molar-refractivity contribution in [2.24, 2.45) is 12.0 Å². The summed E-state index contributed by atoms with van der Waals surface area (Å²) in [6.07, 6.45) is 4.10. The fourth-order valence-corrected chi connectivity index (χ4v) is 4.06. The predicted octanol–water partition coefficient (Wildman–Crippen LogP) is 2.52. The maximum atomic E-state index is 12.5. The smallest absolute Gasteiger partial charge is 0.300 e. The minimum Gasteiger partial charge on any atom is -0.319 e. The van der Waals surface area contributed by atoms with Gasteiger partial charge in [-0.3, -0.25) is 9.48 Å². The van der Waals surface area contributed by atoms with Gasteiger partial charge < -0.3 is 9.88 Å². The number of aryl methyl sites for hydroxylation is 1. The molecule has 1 N–H and O–H groups in total. The van der Waals surface area contributed by atoms with Crippen LogP contribution in [0.25, 0.3) is 10.2 Å². The van der Waals surface area contributed by atoms with E-state index in [1.165, 1.54) is 11.3 Å². The van der Waals surface area contributed by atoms with Crippen LogP contribution in [0.1, 0.15) is 29.4 Å². The van der Waals surface area contributed by atoms with Gasteiger partial charge in [-0.2, -0.15) is 10.1 Å². The Bertz CT molecular complexity index is 951. The van der Waals surface area contributed by atoms with Crippen molar-refractivity contribution in [3.8, 4) is 0 Å². The third-order valence-corrected chi connectivity index (χ3v) is 5.50. The molecule has 1 atom stereocenters. The van der Waals surface area contributed by atoms with E-state index in [1.807, 2.05) is 46.8 Å². The summed E-state index contributed by atoms with van der Waals surface area (Å²) in [6, 6.07) is 10.1. The Hall–Kier alpha value is -1.96. The number of hydrogen-bond donors (Lipinski definition) is 1. The Labute approximate surface area is 155 Å². The van der Waals surface area contributed by atoms with E-state index in [1.54, 1.807) is 6.07 Å². The van der Waals surface area contributed by atoms with Crippen LogP contribution in [0.5, 0.6) is 0 Å². The first kappa shape index (κ1) is 17.8. The minimum absolute atomic E-state index is 0. The van der Waals surface area contributed by atoms with Gasteiger partial charge in [0.05, 0.1) is 16.3 Å². The molecule has 8 heteroatoms. The molecule has 1 aromatic carbocycles. The summed E-state index contributed by atoms with van der Waals surface area (Å²) in [6.45, 7) is 1.96. The Morgan fingerprint density at radius 1 is 1.36 bits per heavy atom. The summed E-state index contributed by atoms with van der Waals surface area (Å²) in [5.74, 6) is -0.292. The van der Waals surface area contributed by atoms with Crippen molar-refractivity contribution in [3.05, 3.63) is 47.0 Å². The van der Waals surface area contributed by atoms with Gasteiger partial charge in [0, 0.05) is 19.8 Å². The quantitative estimate of drug-likeness (QED) is 0.746. The molecule has 0 saturated carbocycles. The van der Waals surface area contributed by atoms with Crippen molar-refractivity contribution in [1.29, 1.82) is 0 Å². The van der Waals surface area contributed by atoms with Crippen molar-refractivity contribution in [2.75, 3.05) is 13.1 Å². The number of aromatic nitrogens is 3. The number of thiazole rings is 1. The van der Waals surface area contributed by atoms with Crippen molar-refractivity contribution >= 4 is 39.9 Å². The number of carbonyl (C=O) groups excluding carboxylic acids is 1. The van der Waals surface area contributed by atoms with Gasteiger partial charge >= 0.3 is 0 Å². The van der Waals surface area contributed by atoms with Crippen molar-refractivity contribution < 1.29 is 4.79 Å².